The fraction of sp³-hybridized carbons (Fsp3) is 0.391. The molecule has 0 fully saturated rings. The third-order valence-corrected chi connectivity index (χ3v) is 7.05. The topological polar surface area (TPSA) is 47.6 Å². The Balaban J connectivity index is 1.83. The molecule has 0 N–H and O–H groups in total. The number of aryl methyl sites for hydroxylation is 1. The highest BCUT2D eigenvalue weighted by Gasteiger charge is 2.18. The number of rotatable bonds is 7. The molecule has 6 nitrogen and oxygen atoms in total. The van der Waals surface area contributed by atoms with Crippen molar-refractivity contribution in [1.29, 1.82) is 0 Å². The van der Waals surface area contributed by atoms with Crippen LogP contribution in [0.2, 0.25) is 25.7 Å². The fourth-order valence-corrected chi connectivity index (χ4v) is 4.35. The summed E-state index contributed by atoms with van der Waals surface area (Å²) in [6.07, 6.45) is 3.76. The van der Waals surface area contributed by atoms with Gasteiger partial charge < -0.3 is 14.2 Å². The van der Waals surface area contributed by atoms with Crippen LogP contribution in [-0.4, -0.2) is 47.7 Å². The van der Waals surface area contributed by atoms with Gasteiger partial charge >= 0.3 is 0 Å². The summed E-state index contributed by atoms with van der Waals surface area (Å²) in [7, 11) is 2.89. The monoisotopic (exact) mass is 421 g/mol. The van der Waals surface area contributed by atoms with Gasteiger partial charge in [-0.25, -0.2) is 9.97 Å². The van der Waals surface area contributed by atoms with Crippen molar-refractivity contribution in [1.82, 2.24) is 18.9 Å². The smallest absolute Gasteiger partial charge is 0.210 e. The van der Waals surface area contributed by atoms with Crippen LogP contribution in [0.3, 0.4) is 0 Å². The van der Waals surface area contributed by atoms with Crippen molar-refractivity contribution >= 4 is 30.7 Å². The molecule has 0 radical (unpaired) electrons. The molecule has 0 atom stereocenters. The van der Waals surface area contributed by atoms with E-state index in [1.165, 1.54) is 5.56 Å². The van der Waals surface area contributed by atoms with Gasteiger partial charge in [0.05, 0.1) is 29.1 Å². The zero-order chi connectivity index (χ0) is 21.5. The first-order valence-electron chi connectivity index (χ1n) is 10.4. The van der Waals surface area contributed by atoms with Gasteiger partial charge in [-0.05, 0) is 24.6 Å². The lowest BCUT2D eigenvalue weighted by atomic mass is 10.1. The fourth-order valence-electron chi connectivity index (χ4n) is 3.59. The number of anilines is 1. The van der Waals surface area contributed by atoms with Crippen LogP contribution in [0.15, 0.2) is 42.7 Å². The van der Waals surface area contributed by atoms with Crippen molar-refractivity contribution in [2.45, 2.75) is 39.3 Å². The highest BCUT2D eigenvalue weighted by molar-refractivity contribution is 6.76. The average molecular weight is 422 g/mol. The molecule has 0 saturated carbocycles. The van der Waals surface area contributed by atoms with Gasteiger partial charge in [-0.2, -0.15) is 0 Å². The molecular formula is C23H31N5OSi. The minimum absolute atomic E-state index is 0.488. The standard InChI is InChI=1S/C23H31N5OSi/c1-17-7-9-18(10-8-17)20-13-21-22(27(20)16-29-11-12-30(4,5)6)24-14-19-15-25-23(26(2)3)28(19)21/h7-10,13-15H,11-12,16H2,1-6H3. The Hall–Kier alpha value is -2.64. The van der Waals surface area contributed by atoms with E-state index < -0.39 is 8.07 Å². The summed E-state index contributed by atoms with van der Waals surface area (Å²) in [6, 6.07) is 12.0. The molecule has 0 bridgehead atoms. The first kappa shape index (κ1) is 20.6. The Morgan fingerprint density at radius 3 is 2.40 bits per heavy atom. The Labute approximate surface area is 179 Å². The van der Waals surface area contributed by atoms with Crippen molar-refractivity contribution in [2.75, 3.05) is 25.6 Å². The van der Waals surface area contributed by atoms with Crippen LogP contribution in [0.5, 0.6) is 0 Å². The van der Waals surface area contributed by atoms with Crippen LogP contribution in [0.1, 0.15) is 5.56 Å². The van der Waals surface area contributed by atoms with Gasteiger partial charge in [-0.15, -0.1) is 0 Å². The summed E-state index contributed by atoms with van der Waals surface area (Å²) in [5, 5.41) is 0. The molecule has 0 aliphatic heterocycles. The van der Waals surface area contributed by atoms with Gasteiger partial charge in [0.2, 0.25) is 5.95 Å². The van der Waals surface area contributed by atoms with Crippen LogP contribution in [0, 0.1) is 6.92 Å². The van der Waals surface area contributed by atoms with Crippen molar-refractivity contribution in [3.05, 3.63) is 48.3 Å². The number of nitrogens with zero attached hydrogens (tertiary/aromatic N) is 5. The van der Waals surface area contributed by atoms with E-state index in [2.05, 4.69) is 70.8 Å². The lowest BCUT2D eigenvalue weighted by Crippen LogP contribution is -2.22. The minimum atomic E-state index is -1.13. The van der Waals surface area contributed by atoms with E-state index in [1.807, 2.05) is 31.4 Å². The van der Waals surface area contributed by atoms with Gasteiger partial charge in [0.25, 0.3) is 0 Å². The maximum atomic E-state index is 6.14. The molecule has 0 saturated heterocycles. The zero-order valence-corrected chi connectivity index (χ0v) is 19.8. The number of ether oxygens (including phenoxy) is 1. The number of fused-ring (bicyclic) bond motifs is 3. The highest BCUT2D eigenvalue weighted by Crippen LogP contribution is 2.30. The Morgan fingerprint density at radius 2 is 1.73 bits per heavy atom. The van der Waals surface area contributed by atoms with Gasteiger partial charge in [0.15, 0.2) is 5.65 Å². The summed E-state index contributed by atoms with van der Waals surface area (Å²) in [5.74, 6) is 0.893. The maximum Gasteiger partial charge on any atom is 0.210 e. The van der Waals surface area contributed by atoms with Crippen LogP contribution in [0.4, 0.5) is 5.95 Å². The summed E-state index contributed by atoms with van der Waals surface area (Å²) < 4.78 is 10.5. The predicted molar refractivity (Wildman–Crippen MR) is 127 cm³/mol. The molecule has 0 spiro atoms. The summed E-state index contributed by atoms with van der Waals surface area (Å²) in [4.78, 5) is 11.4. The maximum absolute atomic E-state index is 6.14. The molecule has 3 aromatic heterocycles. The Morgan fingerprint density at radius 1 is 1.03 bits per heavy atom. The molecule has 158 valence electrons. The van der Waals surface area contributed by atoms with Crippen LogP contribution in [-0.2, 0) is 11.5 Å². The van der Waals surface area contributed by atoms with E-state index in [9.17, 15) is 0 Å². The van der Waals surface area contributed by atoms with Gasteiger partial charge in [-0.3, -0.25) is 4.40 Å². The van der Waals surface area contributed by atoms with Gasteiger partial charge in [-0.1, -0.05) is 49.5 Å². The minimum Gasteiger partial charge on any atom is -0.361 e. The van der Waals surface area contributed by atoms with Gasteiger partial charge in [0, 0.05) is 28.8 Å². The quantitative estimate of drug-likeness (QED) is 0.310. The lowest BCUT2D eigenvalue weighted by molar-refractivity contribution is 0.0909. The number of hydrogen-bond donors (Lipinski definition) is 0. The molecule has 4 rings (SSSR count). The molecule has 0 amide bonds. The number of aromatic nitrogens is 4. The summed E-state index contributed by atoms with van der Waals surface area (Å²) in [5.41, 5.74) is 6.45. The first-order chi connectivity index (χ1) is 14.2. The number of hydrogen-bond acceptors (Lipinski definition) is 4. The van der Waals surface area contributed by atoms with E-state index in [4.69, 9.17) is 9.72 Å². The molecule has 4 aromatic rings. The predicted octanol–water partition coefficient (Wildman–Crippen LogP) is 5.04. The molecule has 0 aliphatic rings. The van der Waals surface area contributed by atoms with Crippen molar-refractivity contribution in [3.8, 4) is 11.3 Å². The summed E-state index contributed by atoms with van der Waals surface area (Å²) >= 11 is 0. The average Bonchev–Trinajstić information content (AvgIpc) is 3.26. The van der Waals surface area contributed by atoms with Crippen molar-refractivity contribution in [2.24, 2.45) is 0 Å². The Kier molecular flexibility index (Phi) is 5.42. The molecule has 1 aromatic carbocycles. The van der Waals surface area contributed by atoms with Crippen LogP contribution >= 0.6 is 0 Å². The van der Waals surface area contributed by atoms with E-state index in [-0.39, 0.29) is 0 Å². The second kappa shape index (κ2) is 7.89. The first-order valence-corrected chi connectivity index (χ1v) is 14.1. The molecule has 0 aliphatic carbocycles. The third kappa shape index (κ3) is 4.00. The van der Waals surface area contributed by atoms with E-state index in [0.717, 1.165) is 46.5 Å². The molecule has 7 heteroatoms. The molecule has 0 unspecified atom stereocenters. The molecule has 3 heterocycles. The molecular weight excluding hydrogens is 390 g/mol. The zero-order valence-electron chi connectivity index (χ0n) is 18.8. The van der Waals surface area contributed by atoms with Crippen molar-refractivity contribution in [3.63, 3.8) is 0 Å². The van der Waals surface area contributed by atoms with Gasteiger partial charge in [0.1, 0.15) is 6.73 Å². The van der Waals surface area contributed by atoms with E-state index in [1.54, 1.807) is 0 Å². The van der Waals surface area contributed by atoms with E-state index >= 15 is 0 Å². The summed E-state index contributed by atoms with van der Waals surface area (Å²) in [6.45, 7) is 10.5. The number of benzene rings is 1. The SMILES string of the molecule is Cc1ccc(-c2cc3c(ncc4cnc(N(C)C)n43)n2COCC[Si](C)(C)C)cc1. The largest absolute Gasteiger partial charge is 0.361 e. The Bertz CT molecular complexity index is 1170. The van der Waals surface area contributed by atoms with Crippen LogP contribution < -0.4 is 4.90 Å². The lowest BCUT2D eigenvalue weighted by Gasteiger charge is -2.17. The second-order valence-electron chi connectivity index (χ2n) is 9.35. The van der Waals surface area contributed by atoms with E-state index in [0.29, 0.717) is 6.73 Å². The normalized spacial score (nSPS) is 12.2. The number of imidazole rings is 1. The van der Waals surface area contributed by atoms with Crippen molar-refractivity contribution < 1.29 is 4.74 Å². The highest BCUT2D eigenvalue weighted by atomic mass is 28.3. The second-order valence-corrected chi connectivity index (χ2v) is 15.0. The third-order valence-electron chi connectivity index (χ3n) is 5.34. The van der Waals surface area contributed by atoms with Crippen LogP contribution in [0.25, 0.3) is 27.9 Å². The molecule has 30 heavy (non-hydrogen) atoms.